The number of rotatable bonds is 2. The van der Waals surface area contributed by atoms with Gasteiger partial charge in [-0.25, -0.2) is 4.98 Å². The summed E-state index contributed by atoms with van der Waals surface area (Å²) in [7, 11) is 0. The van der Waals surface area contributed by atoms with Crippen molar-refractivity contribution in [2.45, 2.75) is 45.6 Å². The van der Waals surface area contributed by atoms with Gasteiger partial charge in [-0.15, -0.1) is 5.10 Å². The molecule has 1 N–H and O–H groups in total. The van der Waals surface area contributed by atoms with Crippen LogP contribution in [-0.2, 0) is 6.42 Å². The number of H-pyrrole nitrogens is 1. The molecule has 5 heteroatoms. The first-order chi connectivity index (χ1) is 7.54. The topological polar surface area (TPSA) is 61.9 Å². The molecule has 0 atom stereocenters. The Kier molecular flexibility index (Phi) is 2.69. The van der Waals surface area contributed by atoms with Gasteiger partial charge < -0.3 is 4.90 Å². The number of carbonyl (C=O) groups excluding carboxylic acids is 1. The Morgan fingerprint density at radius 2 is 2.31 bits per heavy atom. The Bertz CT molecular complexity index is 396. The molecule has 1 aliphatic rings. The molecule has 5 nitrogen and oxygen atoms in total. The molecule has 0 aliphatic carbocycles. The van der Waals surface area contributed by atoms with E-state index in [1.165, 1.54) is 0 Å². The van der Waals surface area contributed by atoms with Crippen molar-refractivity contribution in [2.75, 3.05) is 6.54 Å². The summed E-state index contributed by atoms with van der Waals surface area (Å²) >= 11 is 0. The minimum Gasteiger partial charge on any atom is -0.331 e. The number of nitrogens with one attached hydrogen (secondary N) is 1. The molecule has 0 unspecified atom stereocenters. The van der Waals surface area contributed by atoms with Crippen molar-refractivity contribution in [2.24, 2.45) is 0 Å². The van der Waals surface area contributed by atoms with E-state index in [9.17, 15) is 4.79 Å². The molecule has 1 saturated heterocycles. The second-order valence-corrected chi connectivity index (χ2v) is 4.83. The summed E-state index contributed by atoms with van der Waals surface area (Å²) in [5.74, 6) is 1.01. The highest BCUT2D eigenvalue weighted by atomic mass is 16.2. The van der Waals surface area contributed by atoms with Crippen LogP contribution in [0.5, 0.6) is 0 Å². The molecule has 1 aliphatic heterocycles. The first-order valence-corrected chi connectivity index (χ1v) is 5.78. The van der Waals surface area contributed by atoms with E-state index in [1.54, 1.807) is 0 Å². The van der Waals surface area contributed by atoms with Gasteiger partial charge in [-0.2, -0.15) is 0 Å². The van der Waals surface area contributed by atoms with Gasteiger partial charge in [0.15, 0.2) is 0 Å². The first-order valence-electron chi connectivity index (χ1n) is 5.78. The third kappa shape index (κ3) is 1.81. The maximum absolute atomic E-state index is 12.2. The molecule has 1 fully saturated rings. The van der Waals surface area contributed by atoms with Gasteiger partial charge in [0.1, 0.15) is 5.82 Å². The third-order valence-electron chi connectivity index (χ3n) is 3.20. The van der Waals surface area contributed by atoms with Gasteiger partial charge in [-0.05, 0) is 26.7 Å². The van der Waals surface area contributed by atoms with E-state index in [2.05, 4.69) is 29.0 Å². The number of carbonyl (C=O) groups is 1. The normalized spacial score (nSPS) is 19.1. The van der Waals surface area contributed by atoms with E-state index in [0.29, 0.717) is 5.82 Å². The largest absolute Gasteiger partial charge is 0.331 e. The van der Waals surface area contributed by atoms with E-state index in [4.69, 9.17) is 0 Å². The summed E-state index contributed by atoms with van der Waals surface area (Å²) in [6.07, 6.45) is 2.87. The molecule has 2 rings (SSSR count). The maximum atomic E-state index is 12.2. The zero-order valence-electron chi connectivity index (χ0n) is 10.1. The Labute approximate surface area is 95.2 Å². The van der Waals surface area contributed by atoms with Gasteiger partial charge >= 0.3 is 0 Å². The SMILES string of the molecule is CCc1nc(C(=O)N2CCCC2(C)C)n[nH]1. The number of hydrogen-bond acceptors (Lipinski definition) is 3. The highest BCUT2D eigenvalue weighted by Gasteiger charge is 2.37. The van der Waals surface area contributed by atoms with E-state index in [-0.39, 0.29) is 11.4 Å². The molecule has 16 heavy (non-hydrogen) atoms. The van der Waals surface area contributed by atoms with Crippen molar-refractivity contribution in [1.29, 1.82) is 0 Å². The molecule has 0 bridgehead atoms. The zero-order valence-corrected chi connectivity index (χ0v) is 10.1. The van der Waals surface area contributed by atoms with Crippen molar-refractivity contribution in [1.82, 2.24) is 20.1 Å². The van der Waals surface area contributed by atoms with Crippen LogP contribution in [0.15, 0.2) is 0 Å². The molecule has 1 amide bonds. The number of hydrogen-bond donors (Lipinski definition) is 1. The number of aromatic nitrogens is 3. The lowest BCUT2D eigenvalue weighted by atomic mass is 10.0. The lowest BCUT2D eigenvalue weighted by Gasteiger charge is -2.30. The third-order valence-corrected chi connectivity index (χ3v) is 3.20. The molecule has 0 aromatic carbocycles. The fraction of sp³-hybridized carbons (Fsp3) is 0.727. The fourth-order valence-electron chi connectivity index (χ4n) is 2.15. The Morgan fingerprint density at radius 3 is 2.81 bits per heavy atom. The van der Waals surface area contributed by atoms with Crippen LogP contribution >= 0.6 is 0 Å². The van der Waals surface area contributed by atoms with Gasteiger partial charge in [0, 0.05) is 18.5 Å². The van der Waals surface area contributed by atoms with Gasteiger partial charge in [0.05, 0.1) is 0 Å². The summed E-state index contributed by atoms with van der Waals surface area (Å²) in [6, 6.07) is 0. The van der Waals surface area contributed by atoms with Crippen LogP contribution in [0.25, 0.3) is 0 Å². The number of aryl methyl sites for hydroxylation is 1. The summed E-state index contributed by atoms with van der Waals surface area (Å²) in [6.45, 7) is 6.97. The molecule has 88 valence electrons. The Balaban J connectivity index is 2.19. The van der Waals surface area contributed by atoms with Crippen LogP contribution in [0.3, 0.4) is 0 Å². The quantitative estimate of drug-likeness (QED) is 0.822. The minimum absolute atomic E-state index is 0.0570. The lowest BCUT2D eigenvalue weighted by molar-refractivity contribution is 0.0639. The zero-order chi connectivity index (χ0) is 11.8. The molecular weight excluding hydrogens is 204 g/mol. The molecule has 0 saturated carbocycles. The predicted molar refractivity (Wildman–Crippen MR) is 60.1 cm³/mol. The van der Waals surface area contributed by atoms with Crippen molar-refractivity contribution < 1.29 is 4.79 Å². The van der Waals surface area contributed by atoms with Gasteiger partial charge in [-0.3, -0.25) is 9.89 Å². The average molecular weight is 222 g/mol. The lowest BCUT2D eigenvalue weighted by Crippen LogP contribution is -2.43. The highest BCUT2D eigenvalue weighted by Crippen LogP contribution is 2.29. The number of likely N-dealkylation sites (tertiary alicyclic amines) is 1. The van der Waals surface area contributed by atoms with Gasteiger partial charge in [0.25, 0.3) is 5.91 Å². The van der Waals surface area contributed by atoms with E-state index in [1.807, 2.05) is 11.8 Å². The van der Waals surface area contributed by atoms with Crippen LogP contribution < -0.4 is 0 Å². The fourth-order valence-corrected chi connectivity index (χ4v) is 2.15. The standard InChI is InChI=1S/C11H18N4O/c1-4-8-12-9(14-13-8)10(16)15-7-5-6-11(15,2)3/h4-7H2,1-3H3,(H,12,13,14). The number of aromatic amines is 1. The minimum atomic E-state index is -0.0654. The second-order valence-electron chi connectivity index (χ2n) is 4.83. The highest BCUT2D eigenvalue weighted by molar-refractivity contribution is 5.91. The molecule has 1 aromatic heterocycles. The molecular formula is C11H18N4O. The van der Waals surface area contributed by atoms with E-state index >= 15 is 0 Å². The maximum Gasteiger partial charge on any atom is 0.293 e. The van der Waals surface area contributed by atoms with Crippen LogP contribution in [0, 0.1) is 0 Å². The molecule has 2 heterocycles. The van der Waals surface area contributed by atoms with E-state index in [0.717, 1.165) is 31.6 Å². The molecule has 0 spiro atoms. The number of amides is 1. The Morgan fingerprint density at radius 1 is 1.56 bits per heavy atom. The number of nitrogens with zero attached hydrogens (tertiary/aromatic N) is 3. The monoisotopic (exact) mass is 222 g/mol. The van der Waals surface area contributed by atoms with Crippen molar-refractivity contribution in [3.8, 4) is 0 Å². The van der Waals surface area contributed by atoms with Crippen LogP contribution in [0.1, 0.15) is 50.1 Å². The summed E-state index contributed by atoms with van der Waals surface area (Å²) in [5.41, 5.74) is -0.0654. The first kappa shape index (κ1) is 11.1. The summed E-state index contributed by atoms with van der Waals surface area (Å²) < 4.78 is 0. The van der Waals surface area contributed by atoms with Crippen LogP contribution in [0.2, 0.25) is 0 Å². The van der Waals surface area contributed by atoms with Crippen molar-refractivity contribution in [3.05, 3.63) is 11.6 Å². The van der Waals surface area contributed by atoms with Crippen LogP contribution in [-0.4, -0.2) is 38.1 Å². The van der Waals surface area contributed by atoms with Gasteiger partial charge in [-0.1, -0.05) is 6.92 Å². The Hall–Kier alpha value is -1.39. The summed E-state index contributed by atoms with van der Waals surface area (Å²) in [4.78, 5) is 18.2. The summed E-state index contributed by atoms with van der Waals surface area (Å²) in [5, 5.41) is 6.75. The van der Waals surface area contributed by atoms with Crippen LogP contribution in [0.4, 0.5) is 0 Å². The van der Waals surface area contributed by atoms with E-state index < -0.39 is 0 Å². The van der Waals surface area contributed by atoms with Gasteiger partial charge in [0.2, 0.25) is 5.82 Å². The molecule has 0 radical (unpaired) electrons. The predicted octanol–water partition coefficient (Wildman–Crippen LogP) is 1.38. The molecule has 1 aromatic rings. The van der Waals surface area contributed by atoms with Crippen molar-refractivity contribution >= 4 is 5.91 Å². The smallest absolute Gasteiger partial charge is 0.293 e. The average Bonchev–Trinajstić information content (AvgIpc) is 2.82. The van der Waals surface area contributed by atoms with Crippen molar-refractivity contribution in [3.63, 3.8) is 0 Å². The second kappa shape index (κ2) is 3.88.